The third-order valence-corrected chi connectivity index (χ3v) is 6.23. The van der Waals surface area contributed by atoms with E-state index in [0.29, 0.717) is 5.56 Å². The highest BCUT2D eigenvalue weighted by molar-refractivity contribution is 6.34. The van der Waals surface area contributed by atoms with Gasteiger partial charge in [-0.25, -0.2) is 8.78 Å². The lowest BCUT2D eigenvalue weighted by Crippen LogP contribution is -2.39. The van der Waals surface area contributed by atoms with Crippen molar-refractivity contribution in [1.82, 2.24) is 5.32 Å². The van der Waals surface area contributed by atoms with Gasteiger partial charge in [0.15, 0.2) is 17.2 Å². The van der Waals surface area contributed by atoms with Crippen LogP contribution in [0.4, 0.5) is 8.78 Å². The number of hydrogen-bond donors (Lipinski definition) is 3. The summed E-state index contributed by atoms with van der Waals surface area (Å²) in [5.74, 6) is -2.38. The number of nitrogens with one attached hydrogen (secondary N) is 1. The van der Waals surface area contributed by atoms with Crippen molar-refractivity contribution in [2.75, 3.05) is 26.8 Å². The highest BCUT2D eigenvalue weighted by atomic mass is 35.5. The minimum absolute atomic E-state index is 0.00605. The van der Waals surface area contributed by atoms with E-state index >= 15 is 4.39 Å². The van der Waals surface area contributed by atoms with Crippen LogP contribution in [0.3, 0.4) is 0 Å². The van der Waals surface area contributed by atoms with Crippen molar-refractivity contribution in [2.45, 2.75) is 12.0 Å². The number of halogens is 3. The first-order chi connectivity index (χ1) is 16.4. The summed E-state index contributed by atoms with van der Waals surface area (Å²) in [7, 11) is 1.40. The average molecular weight is 489 g/mol. The molecule has 0 fully saturated rings. The summed E-state index contributed by atoms with van der Waals surface area (Å²) < 4.78 is 42.3. The van der Waals surface area contributed by atoms with Gasteiger partial charge in [0.1, 0.15) is 18.2 Å². The topological polar surface area (TPSA) is 93.8 Å². The number of aliphatic hydroxyl groups excluding tert-OH is 1. The van der Waals surface area contributed by atoms with E-state index in [0.717, 1.165) is 11.6 Å². The summed E-state index contributed by atoms with van der Waals surface area (Å²) in [5.41, 5.74) is 6.00. The molecule has 4 N–H and O–H groups in total. The molecule has 0 unspecified atom stereocenters. The van der Waals surface area contributed by atoms with Crippen molar-refractivity contribution >= 4 is 17.5 Å². The molecule has 178 valence electrons. The lowest BCUT2D eigenvalue weighted by molar-refractivity contribution is 0.0963. The average Bonchev–Trinajstić information content (AvgIpc) is 3.24. The van der Waals surface area contributed by atoms with Gasteiger partial charge in [-0.3, -0.25) is 4.79 Å². The van der Waals surface area contributed by atoms with E-state index in [1.54, 1.807) is 0 Å². The quantitative estimate of drug-likeness (QED) is 0.470. The van der Waals surface area contributed by atoms with Crippen LogP contribution < -0.4 is 20.5 Å². The van der Waals surface area contributed by atoms with Crippen molar-refractivity contribution in [3.8, 4) is 22.6 Å². The lowest BCUT2D eigenvalue weighted by Gasteiger charge is -2.27. The third-order valence-electron chi connectivity index (χ3n) is 5.86. The van der Waals surface area contributed by atoms with Crippen LogP contribution in [0.5, 0.6) is 11.5 Å². The van der Waals surface area contributed by atoms with Gasteiger partial charge in [0.25, 0.3) is 5.91 Å². The molecule has 0 spiro atoms. The minimum Gasteiger partial charge on any atom is -0.488 e. The number of carbonyl (C=O) groups is 1. The Balaban J connectivity index is 1.98. The molecule has 3 aromatic carbocycles. The molecule has 1 amide bonds. The molecule has 0 aliphatic carbocycles. The molecule has 1 atom stereocenters. The van der Waals surface area contributed by atoms with E-state index < -0.39 is 23.1 Å². The van der Waals surface area contributed by atoms with Crippen molar-refractivity contribution in [1.29, 1.82) is 0 Å². The predicted octanol–water partition coefficient (Wildman–Crippen LogP) is 3.81. The summed E-state index contributed by atoms with van der Waals surface area (Å²) >= 11 is 6.40. The molecule has 0 saturated heterocycles. The zero-order valence-electron chi connectivity index (χ0n) is 18.3. The molecule has 0 radical (unpaired) electrons. The van der Waals surface area contributed by atoms with Gasteiger partial charge < -0.3 is 25.6 Å². The van der Waals surface area contributed by atoms with Gasteiger partial charge in [-0.1, -0.05) is 41.9 Å². The summed E-state index contributed by atoms with van der Waals surface area (Å²) in [5, 5.41) is 11.2. The second-order valence-corrected chi connectivity index (χ2v) is 8.20. The van der Waals surface area contributed by atoms with E-state index in [9.17, 15) is 9.18 Å². The zero-order chi connectivity index (χ0) is 24.5. The van der Waals surface area contributed by atoms with E-state index in [1.165, 1.54) is 19.2 Å². The number of fused-ring (bicyclic) bond motifs is 1. The Hall–Kier alpha value is -3.20. The van der Waals surface area contributed by atoms with Gasteiger partial charge in [-0.05, 0) is 17.7 Å². The number of amides is 1. The Labute approximate surface area is 200 Å². The monoisotopic (exact) mass is 488 g/mol. The van der Waals surface area contributed by atoms with Crippen LogP contribution in [0.25, 0.3) is 11.1 Å². The van der Waals surface area contributed by atoms with Crippen molar-refractivity contribution in [3.63, 3.8) is 0 Å². The van der Waals surface area contributed by atoms with Gasteiger partial charge >= 0.3 is 0 Å². The molecule has 1 heterocycles. The molecule has 3 aromatic rings. The maximum absolute atomic E-state index is 15.8. The molecule has 9 heteroatoms. The van der Waals surface area contributed by atoms with Crippen LogP contribution in [-0.4, -0.2) is 37.8 Å². The van der Waals surface area contributed by atoms with E-state index in [1.807, 2.05) is 30.3 Å². The fourth-order valence-electron chi connectivity index (χ4n) is 4.23. The maximum Gasteiger partial charge on any atom is 0.251 e. The highest BCUT2D eigenvalue weighted by Crippen LogP contribution is 2.50. The number of ether oxygens (including phenoxy) is 2. The second kappa shape index (κ2) is 9.58. The van der Waals surface area contributed by atoms with Gasteiger partial charge in [0, 0.05) is 42.8 Å². The van der Waals surface area contributed by atoms with Gasteiger partial charge in [0.2, 0.25) is 0 Å². The molecule has 0 bridgehead atoms. The lowest BCUT2D eigenvalue weighted by atomic mass is 9.85. The van der Waals surface area contributed by atoms with Crippen LogP contribution >= 0.6 is 11.6 Å². The molecule has 34 heavy (non-hydrogen) atoms. The fourth-order valence-corrected chi connectivity index (χ4v) is 4.49. The molecule has 0 aromatic heterocycles. The van der Waals surface area contributed by atoms with E-state index in [2.05, 4.69) is 5.32 Å². The molecule has 6 nitrogen and oxygen atoms in total. The highest BCUT2D eigenvalue weighted by Gasteiger charge is 2.43. The molecular formula is C25H23ClF2N2O4. The zero-order valence-corrected chi connectivity index (χ0v) is 19.1. The first kappa shape index (κ1) is 23.9. The maximum atomic E-state index is 15.8. The van der Waals surface area contributed by atoms with Gasteiger partial charge in [0.05, 0.1) is 17.2 Å². The SMILES string of the molecule is CNC(=O)c1ccc(OCCO)c(F)c1-c1c(Cl)c(F)cc2c1C[C@@](CN)(c1ccccc1)O2. The Bertz CT molecular complexity index is 1240. The van der Waals surface area contributed by atoms with Crippen LogP contribution in [0.2, 0.25) is 5.02 Å². The first-order valence-electron chi connectivity index (χ1n) is 10.6. The summed E-state index contributed by atoms with van der Waals surface area (Å²) in [6.45, 7) is -0.446. The Morgan fingerprint density at radius 2 is 1.97 bits per heavy atom. The number of aliphatic hydroxyl groups is 1. The fraction of sp³-hybridized carbons (Fsp3) is 0.240. The van der Waals surface area contributed by atoms with E-state index in [-0.39, 0.29) is 59.4 Å². The minimum atomic E-state index is -1.02. The number of benzene rings is 3. The second-order valence-electron chi connectivity index (χ2n) is 7.82. The van der Waals surface area contributed by atoms with Gasteiger partial charge in [-0.2, -0.15) is 0 Å². The number of rotatable bonds is 7. The van der Waals surface area contributed by atoms with Crippen molar-refractivity contribution in [3.05, 3.63) is 81.9 Å². The standard InChI is InChI=1S/C25H23ClF2N2O4/c1-30-24(32)15-7-8-18(33-10-9-31)23(28)21(15)20-16-12-25(13-29,14-5-3-2-4-6-14)34-19(16)11-17(27)22(20)26/h2-8,11,31H,9-10,12-13,29H2,1H3,(H,30,32)/t25-/m1/s1. The Morgan fingerprint density at radius 1 is 1.24 bits per heavy atom. The van der Waals surface area contributed by atoms with Crippen LogP contribution in [0.1, 0.15) is 21.5 Å². The Morgan fingerprint density at radius 3 is 2.62 bits per heavy atom. The molecule has 4 rings (SSSR count). The summed E-state index contributed by atoms with van der Waals surface area (Å²) in [6.07, 6.45) is 0.173. The first-order valence-corrected chi connectivity index (χ1v) is 11.0. The summed E-state index contributed by atoms with van der Waals surface area (Å²) in [4.78, 5) is 12.6. The summed E-state index contributed by atoms with van der Waals surface area (Å²) in [6, 6.07) is 13.0. The van der Waals surface area contributed by atoms with Gasteiger partial charge in [-0.15, -0.1) is 0 Å². The van der Waals surface area contributed by atoms with Crippen LogP contribution in [0, 0.1) is 11.6 Å². The van der Waals surface area contributed by atoms with E-state index in [4.69, 9.17) is 31.9 Å². The van der Waals surface area contributed by atoms with Crippen LogP contribution in [0.15, 0.2) is 48.5 Å². The predicted molar refractivity (Wildman–Crippen MR) is 124 cm³/mol. The van der Waals surface area contributed by atoms with Crippen molar-refractivity contribution < 1.29 is 28.2 Å². The number of carbonyl (C=O) groups excluding carboxylic acids is 1. The Kier molecular flexibility index (Phi) is 6.74. The largest absolute Gasteiger partial charge is 0.488 e. The van der Waals surface area contributed by atoms with Crippen LogP contribution in [-0.2, 0) is 12.0 Å². The smallest absolute Gasteiger partial charge is 0.251 e. The molecule has 1 aliphatic heterocycles. The van der Waals surface area contributed by atoms with Crippen molar-refractivity contribution in [2.24, 2.45) is 5.73 Å². The molecule has 0 saturated carbocycles. The number of hydrogen-bond acceptors (Lipinski definition) is 5. The number of nitrogens with two attached hydrogens (primary N) is 1. The normalized spacial score (nSPS) is 16.6. The molecular weight excluding hydrogens is 466 g/mol. The third kappa shape index (κ3) is 3.98. The molecule has 1 aliphatic rings.